The molecule has 6 heteroatoms. The molecule has 0 radical (unpaired) electrons. The third kappa shape index (κ3) is 4.01. The van der Waals surface area contributed by atoms with Crippen molar-refractivity contribution in [1.82, 2.24) is 0 Å². The van der Waals surface area contributed by atoms with E-state index in [0.29, 0.717) is 22.7 Å². The highest BCUT2D eigenvalue weighted by molar-refractivity contribution is 5.93. The third-order valence-corrected chi connectivity index (χ3v) is 4.31. The Morgan fingerprint density at radius 1 is 1.15 bits per heavy atom. The van der Waals surface area contributed by atoms with Crippen LogP contribution in [0.25, 0.3) is 22.3 Å². The number of fused-ring (bicyclic) bond motifs is 1. The van der Waals surface area contributed by atoms with Crippen molar-refractivity contribution in [2.45, 2.75) is 20.0 Å². The van der Waals surface area contributed by atoms with Crippen LogP contribution < -0.4 is 10.2 Å². The van der Waals surface area contributed by atoms with Crippen LogP contribution >= 0.6 is 0 Å². The molecule has 1 atom stereocenters. The molecular weight excluding hydrogens is 348 g/mol. The summed E-state index contributed by atoms with van der Waals surface area (Å²) >= 11 is 0. The van der Waals surface area contributed by atoms with Gasteiger partial charge in [0.1, 0.15) is 23.7 Å². The van der Waals surface area contributed by atoms with Gasteiger partial charge in [-0.25, -0.2) is 4.79 Å². The van der Waals surface area contributed by atoms with Gasteiger partial charge in [-0.2, -0.15) is 0 Å². The van der Waals surface area contributed by atoms with E-state index in [4.69, 9.17) is 14.3 Å². The lowest BCUT2D eigenvalue weighted by molar-refractivity contribution is 0.0696. The van der Waals surface area contributed by atoms with Gasteiger partial charge in [0.05, 0.1) is 22.6 Å². The maximum atomic E-state index is 12.5. The molecule has 0 spiro atoms. The van der Waals surface area contributed by atoms with Gasteiger partial charge in [-0.1, -0.05) is 26.0 Å². The summed E-state index contributed by atoms with van der Waals surface area (Å²) in [5.74, 6) is -0.255. The van der Waals surface area contributed by atoms with Gasteiger partial charge >= 0.3 is 5.97 Å². The Morgan fingerprint density at radius 2 is 1.89 bits per heavy atom. The lowest BCUT2D eigenvalue weighted by Crippen LogP contribution is -2.23. The smallest absolute Gasteiger partial charge is 0.335 e. The SMILES string of the molecule is CC(C)C(O)COc1ccccc1-c1cc(=O)c2cc(C(=O)O)ccc2o1. The molecule has 0 saturated carbocycles. The van der Waals surface area contributed by atoms with Crippen LogP contribution in [0.5, 0.6) is 5.75 Å². The Bertz CT molecular complexity index is 1030. The molecule has 140 valence electrons. The molecular formula is C21H20O6. The van der Waals surface area contributed by atoms with Gasteiger partial charge in [-0.15, -0.1) is 0 Å². The number of hydrogen-bond acceptors (Lipinski definition) is 5. The number of carboxylic acids is 1. The summed E-state index contributed by atoms with van der Waals surface area (Å²) in [6.07, 6.45) is -0.615. The summed E-state index contributed by atoms with van der Waals surface area (Å²) in [6.45, 7) is 3.91. The lowest BCUT2D eigenvalue weighted by Gasteiger charge is -2.17. The third-order valence-electron chi connectivity index (χ3n) is 4.31. The zero-order valence-corrected chi connectivity index (χ0v) is 15.0. The number of hydrogen-bond donors (Lipinski definition) is 2. The highest BCUT2D eigenvalue weighted by atomic mass is 16.5. The largest absolute Gasteiger partial charge is 0.490 e. The maximum absolute atomic E-state index is 12.5. The summed E-state index contributed by atoms with van der Waals surface area (Å²) in [5, 5.41) is 19.2. The molecule has 2 N–H and O–H groups in total. The molecule has 0 fully saturated rings. The zero-order valence-electron chi connectivity index (χ0n) is 15.0. The number of ether oxygens (including phenoxy) is 1. The zero-order chi connectivity index (χ0) is 19.6. The normalized spacial score (nSPS) is 12.3. The maximum Gasteiger partial charge on any atom is 0.335 e. The van der Waals surface area contributed by atoms with E-state index in [0.717, 1.165) is 0 Å². The average molecular weight is 368 g/mol. The van der Waals surface area contributed by atoms with Crippen LogP contribution in [0.4, 0.5) is 0 Å². The fraction of sp³-hybridized carbons (Fsp3) is 0.238. The molecule has 2 aromatic carbocycles. The van der Waals surface area contributed by atoms with Crippen molar-refractivity contribution in [1.29, 1.82) is 0 Å². The lowest BCUT2D eigenvalue weighted by atomic mass is 10.1. The number of aliphatic hydroxyl groups is 1. The van der Waals surface area contributed by atoms with Gasteiger partial charge in [0.2, 0.25) is 0 Å². The van der Waals surface area contributed by atoms with Crippen molar-refractivity contribution in [3.63, 3.8) is 0 Å². The molecule has 6 nitrogen and oxygen atoms in total. The van der Waals surface area contributed by atoms with Crippen molar-refractivity contribution in [3.05, 3.63) is 64.3 Å². The van der Waals surface area contributed by atoms with Crippen molar-refractivity contribution in [2.24, 2.45) is 5.92 Å². The molecule has 3 aromatic rings. The van der Waals surface area contributed by atoms with Crippen molar-refractivity contribution < 1.29 is 24.2 Å². The van der Waals surface area contributed by atoms with E-state index in [9.17, 15) is 14.7 Å². The van der Waals surface area contributed by atoms with E-state index in [1.165, 1.54) is 24.3 Å². The fourth-order valence-electron chi connectivity index (χ4n) is 2.59. The molecule has 27 heavy (non-hydrogen) atoms. The molecule has 0 aliphatic carbocycles. The summed E-state index contributed by atoms with van der Waals surface area (Å²) < 4.78 is 11.6. The summed E-state index contributed by atoms with van der Waals surface area (Å²) in [6, 6.07) is 12.5. The second-order valence-corrected chi connectivity index (χ2v) is 6.61. The quantitative estimate of drug-likeness (QED) is 0.691. The predicted molar refractivity (Wildman–Crippen MR) is 101 cm³/mol. The van der Waals surface area contributed by atoms with E-state index in [-0.39, 0.29) is 28.9 Å². The standard InChI is InChI=1S/C21H20O6/c1-12(2)17(23)11-26-18-6-4-3-5-14(18)20-10-16(22)15-9-13(21(24)25)7-8-19(15)27-20/h3-10,12,17,23H,11H2,1-2H3,(H,24,25). The van der Waals surface area contributed by atoms with Gasteiger partial charge in [-0.05, 0) is 36.2 Å². The second-order valence-electron chi connectivity index (χ2n) is 6.61. The Balaban J connectivity index is 2.02. The van der Waals surface area contributed by atoms with Crippen LogP contribution in [-0.2, 0) is 0 Å². The average Bonchev–Trinajstić information content (AvgIpc) is 2.65. The van der Waals surface area contributed by atoms with Crippen LogP contribution in [0.1, 0.15) is 24.2 Å². The van der Waals surface area contributed by atoms with Gasteiger partial charge in [0, 0.05) is 6.07 Å². The van der Waals surface area contributed by atoms with Gasteiger partial charge in [0.25, 0.3) is 0 Å². The first kappa shape index (κ1) is 18.7. The first-order valence-electron chi connectivity index (χ1n) is 8.58. The van der Waals surface area contributed by atoms with E-state index in [2.05, 4.69) is 0 Å². The molecule has 1 unspecified atom stereocenters. The van der Waals surface area contributed by atoms with Gasteiger partial charge in [0.15, 0.2) is 5.43 Å². The van der Waals surface area contributed by atoms with E-state index >= 15 is 0 Å². The van der Waals surface area contributed by atoms with Crippen LogP contribution in [0, 0.1) is 5.92 Å². The van der Waals surface area contributed by atoms with Crippen LogP contribution in [0.15, 0.2) is 57.7 Å². The molecule has 1 heterocycles. The van der Waals surface area contributed by atoms with Crippen LogP contribution in [0.2, 0.25) is 0 Å². The van der Waals surface area contributed by atoms with Crippen molar-refractivity contribution >= 4 is 16.9 Å². The monoisotopic (exact) mass is 368 g/mol. The number of aromatic carboxylic acids is 1. The minimum atomic E-state index is -1.11. The number of rotatable bonds is 6. The summed E-state index contributed by atoms with van der Waals surface area (Å²) in [7, 11) is 0. The highest BCUT2D eigenvalue weighted by Crippen LogP contribution is 2.31. The van der Waals surface area contributed by atoms with Gasteiger partial charge < -0.3 is 19.4 Å². The molecule has 0 amide bonds. The van der Waals surface area contributed by atoms with Crippen LogP contribution in [0.3, 0.4) is 0 Å². The molecule has 0 bridgehead atoms. The molecule has 0 aliphatic rings. The van der Waals surface area contributed by atoms with Crippen LogP contribution in [-0.4, -0.2) is 28.9 Å². The summed E-state index contributed by atoms with van der Waals surface area (Å²) in [4.78, 5) is 23.6. The number of carbonyl (C=O) groups is 1. The van der Waals surface area contributed by atoms with Crippen molar-refractivity contribution in [2.75, 3.05) is 6.61 Å². The first-order chi connectivity index (χ1) is 12.9. The Hall–Kier alpha value is -3.12. The number of para-hydroxylation sites is 1. The predicted octanol–water partition coefficient (Wildman–Crippen LogP) is 3.55. The van der Waals surface area contributed by atoms with Crippen molar-refractivity contribution in [3.8, 4) is 17.1 Å². The number of benzene rings is 2. The molecule has 1 aromatic heterocycles. The topological polar surface area (TPSA) is 97.0 Å². The van der Waals surface area contributed by atoms with E-state index in [1.54, 1.807) is 24.3 Å². The number of carboxylic acid groups (broad SMARTS) is 1. The number of aliphatic hydroxyl groups excluding tert-OH is 1. The summed E-state index contributed by atoms with van der Waals surface area (Å²) in [5.41, 5.74) is 0.551. The minimum absolute atomic E-state index is 0.0222. The van der Waals surface area contributed by atoms with E-state index in [1.807, 2.05) is 13.8 Å². The Labute approximate surface area is 155 Å². The van der Waals surface area contributed by atoms with E-state index < -0.39 is 12.1 Å². The molecule has 0 saturated heterocycles. The molecule has 3 rings (SSSR count). The Morgan fingerprint density at radius 3 is 2.59 bits per heavy atom. The van der Waals surface area contributed by atoms with Gasteiger partial charge in [-0.3, -0.25) is 4.79 Å². The Kier molecular flexibility index (Phi) is 5.28. The first-order valence-corrected chi connectivity index (χ1v) is 8.58. The fourth-order valence-corrected chi connectivity index (χ4v) is 2.59. The minimum Gasteiger partial charge on any atom is -0.490 e. The second kappa shape index (κ2) is 7.63. The highest BCUT2D eigenvalue weighted by Gasteiger charge is 2.15. The molecule has 0 aliphatic heterocycles.